The van der Waals surface area contributed by atoms with E-state index in [2.05, 4.69) is 27.8 Å². The van der Waals surface area contributed by atoms with Crippen molar-refractivity contribution in [2.75, 3.05) is 0 Å². The van der Waals surface area contributed by atoms with Crippen molar-refractivity contribution in [3.05, 3.63) is 40.9 Å². The van der Waals surface area contributed by atoms with Gasteiger partial charge in [-0.05, 0) is 18.4 Å². The number of aromatic hydroxyl groups is 1. The standard InChI is InChI=1S/C16H13N3O2S2/c1-8-15(9(2)20)23-16(17-8)19-18-13-12(22)7-10-5-3-4-6-11(10)14(13)21/h3-7,21-22H,1-2H3/b19-18+. The van der Waals surface area contributed by atoms with Crippen LogP contribution in [-0.4, -0.2) is 15.9 Å². The number of thiazole rings is 1. The van der Waals surface area contributed by atoms with Crippen LogP contribution in [0.15, 0.2) is 45.5 Å². The molecule has 3 aromatic rings. The van der Waals surface area contributed by atoms with Crippen molar-refractivity contribution in [1.82, 2.24) is 4.98 Å². The molecule has 0 aliphatic heterocycles. The van der Waals surface area contributed by atoms with Gasteiger partial charge >= 0.3 is 0 Å². The number of carbonyl (C=O) groups is 1. The minimum atomic E-state index is -0.0510. The quantitative estimate of drug-likeness (QED) is 0.389. The number of hydrogen-bond acceptors (Lipinski definition) is 7. The molecule has 0 amide bonds. The third-order valence-corrected chi connectivity index (χ3v) is 4.80. The molecule has 23 heavy (non-hydrogen) atoms. The Hall–Kier alpha value is -2.25. The number of benzene rings is 2. The van der Waals surface area contributed by atoms with Crippen molar-refractivity contribution >= 4 is 51.3 Å². The molecule has 0 aliphatic carbocycles. The number of thiol groups is 1. The Morgan fingerprint density at radius 3 is 2.74 bits per heavy atom. The van der Waals surface area contributed by atoms with Gasteiger partial charge in [0.15, 0.2) is 11.5 Å². The number of carbonyl (C=O) groups excluding carboxylic acids is 1. The second-order valence-electron chi connectivity index (χ2n) is 4.98. The van der Waals surface area contributed by atoms with E-state index < -0.39 is 0 Å². The van der Waals surface area contributed by atoms with Crippen LogP contribution in [-0.2, 0) is 0 Å². The summed E-state index contributed by atoms with van der Waals surface area (Å²) in [5.41, 5.74) is 0.912. The summed E-state index contributed by atoms with van der Waals surface area (Å²) in [7, 11) is 0. The number of nitrogens with zero attached hydrogens (tertiary/aromatic N) is 3. The van der Waals surface area contributed by atoms with Gasteiger partial charge in [0, 0.05) is 17.2 Å². The topological polar surface area (TPSA) is 74.9 Å². The lowest BCUT2D eigenvalue weighted by molar-refractivity contribution is 0.102. The van der Waals surface area contributed by atoms with Crippen molar-refractivity contribution in [3.8, 4) is 5.75 Å². The summed E-state index contributed by atoms with van der Waals surface area (Å²) in [5, 5.41) is 20.4. The Balaban J connectivity index is 2.04. The average Bonchev–Trinajstić information content (AvgIpc) is 2.88. The van der Waals surface area contributed by atoms with E-state index >= 15 is 0 Å². The molecule has 0 saturated heterocycles. The first-order chi connectivity index (χ1) is 11.0. The van der Waals surface area contributed by atoms with Crippen LogP contribution in [0.3, 0.4) is 0 Å². The van der Waals surface area contributed by atoms with E-state index in [4.69, 9.17) is 0 Å². The smallest absolute Gasteiger partial charge is 0.230 e. The van der Waals surface area contributed by atoms with Crippen molar-refractivity contribution in [2.45, 2.75) is 18.7 Å². The lowest BCUT2D eigenvalue weighted by atomic mass is 10.1. The van der Waals surface area contributed by atoms with E-state index in [1.165, 1.54) is 18.3 Å². The molecule has 0 spiro atoms. The number of Topliss-reactive ketones (excluding diaryl/α,β-unsaturated/α-hetero) is 1. The zero-order chi connectivity index (χ0) is 16.6. The number of aromatic nitrogens is 1. The van der Waals surface area contributed by atoms with Gasteiger partial charge in [0.2, 0.25) is 5.13 Å². The van der Waals surface area contributed by atoms with Gasteiger partial charge in [0.25, 0.3) is 0 Å². The second-order valence-corrected chi connectivity index (χ2v) is 6.44. The number of ketones is 1. The van der Waals surface area contributed by atoms with Crippen LogP contribution in [0.25, 0.3) is 10.8 Å². The molecular weight excluding hydrogens is 330 g/mol. The highest BCUT2D eigenvalue weighted by Gasteiger charge is 2.13. The third kappa shape index (κ3) is 2.97. The SMILES string of the molecule is CC(=O)c1sc(/N=N/c2c(S)cc3ccccc3c2O)nc1C. The minimum Gasteiger partial charge on any atom is -0.505 e. The molecular formula is C16H13N3O2S2. The molecule has 0 bridgehead atoms. The lowest BCUT2D eigenvalue weighted by Gasteiger charge is -2.06. The third-order valence-electron chi connectivity index (χ3n) is 3.32. The zero-order valence-electron chi connectivity index (χ0n) is 12.4. The summed E-state index contributed by atoms with van der Waals surface area (Å²) in [5.74, 6) is -0.0261. The first kappa shape index (κ1) is 15.6. The zero-order valence-corrected chi connectivity index (χ0v) is 14.2. The van der Waals surface area contributed by atoms with Gasteiger partial charge in [-0.2, -0.15) is 0 Å². The summed E-state index contributed by atoms with van der Waals surface area (Å²) in [6.45, 7) is 3.24. The Morgan fingerprint density at radius 2 is 2.04 bits per heavy atom. The summed E-state index contributed by atoms with van der Waals surface area (Å²) in [6, 6.07) is 9.24. The fourth-order valence-corrected chi connectivity index (χ4v) is 3.32. The number of phenols is 1. The Bertz CT molecular complexity index is 948. The van der Waals surface area contributed by atoms with E-state index in [0.29, 0.717) is 26.0 Å². The summed E-state index contributed by atoms with van der Waals surface area (Å²) in [4.78, 5) is 16.7. The molecule has 0 unspecified atom stereocenters. The molecule has 0 radical (unpaired) electrons. The Kier molecular flexibility index (Phi) is 4.14. The maximum atomic E-state index is 11.5. The number of rotatable bonds is 3. The highest BCUT2D eigenvalue weighted by Crippen LogP contribution is 2.41. The fourth-order valence-electron chi connectivity index (χ4n) is 2.25. The monoisotopic (exact) mass is 343 g/mol. The molecule has 0 fully saturated rings. The van der Waals surface area contributed by atoms with Crippen LogP contribution in [0.1, 0.15) is 22.3 Å². The predicted octanol–water partition coefficient (Wildman–Crippen LogP) is 5.22. The van der Waals surface area contributed by atoms with Crippen LogP contribution >= 0.6 is 24.0 Å². The van der Waals surface area contributed by atoms with Gasteiger partial charge in [-0.1, -0.05) is 35.6 Å². The first-order valence-corrected chi connectivity index (χ1v) is 8.07. The Labute approximate surface area is 142 Å². The number of fused-ring (bicyclic) bond motifs is 1. The highest BCUT2D eigenvalue weighted by molar-refractivity contribution is 7.80. The number of aryl methyl sites for hydroxylation is 1. The van der Waals surface area contributed by atoms with Crippen molar-refractivity contribution in [2.24, 2.45) is 10.2 Å². The highest BCUT2D eigenvalue weighted by atomic mass is 32.1. The van der Waals surface area contributed by atoms with Gasteiger partial charge in [0.1, 0.15) is 5.69 Å². The number of azo groups is 1. The van der Waals surface area contributed by atoms with Gasteiger partial charge < -0.3 is 5.11 Å². The molecule has 0 saturated carbocycles. The number of hydrogen-bond donors (Lipinski definition) is 2. The van der Waals surface area contributed by atoms with Crippen LogP contribution in [0.2, 0.25) is 0 Å². The van der Waals surface area contributed by atoms with Gasteiger partial charge in [0.05, 0.1) is 10.6 Å². The predicted molar refractivity (Wildman–Crippen MR) is 93.9 cm³/mol. The first-order valence-electron chi connectivity index (χ1n) is 6.81. The number of phenolic OH excluding ortho intramolecular Hbond substituents is 1. The van der Waals surface area contributed by atoms with Gasteiger partial charge in [-0.15, -0.1) is 22.9 Å². The van der Waals surface area contributed by atoms with Crippen LogP contribution in [0, 0.1) is 6.92 Å². The van der Waals surface area contributed by atoms with Gasteiger partial charge in [-0.25, -0.2) is 4.98 Å². The molecule has 1 N–H and O–H groups in total. The molecule has 0 atom stereocenters. The van der Waals surface area contributed by atoms with E-state index in [1.807, 2.05) is 24.3 Å². The van der Waals surface area contributed by atoms with E-state index in [9.17, 15) is 9.90 Å². The van der Waals surface area contributed by atoms with E-state index in [1.54, 1.807) is 13.0 Å². The maximum Gasteiger partial charge on any atom is 0.230 e. The fraction of sp³-hybridized carbons (Fsp3) is 0.125. The normalized spacial score (nSPS) is 11.4. The Morgan fingerprint density at radius 1 is 1.30 bits per heavy atom. The summed E-state index contributed by atoms with van der Waals surface area (Å²) in [6.07, 6.45) is 0. The van der Waals surface area contributed by atoms with Gasteiger partial charge in [-0.3, -0.25) is 4.79 Å². The average molecular weight is 343 g/mol. The van der Waals surface area contributed by atoms with Crippen molar-refractivity contribution in [1.29, 1.82) is 0 Å². The summed E-state index contributed by atoms with van der Waals surface area (Å²) >= 11 is 5.54. The lowest BCUT2D eigenvalue weighted by Crippen LogP contribution is -1.89. The van der Waals surface area contributed by atoms with Crippen LogP contribution in [0.5, 0.6) is 5.75 Å². The molecule has 7 heteroatoms. The van der Waals surface area contributed by atoms with Crippen LogP contribution in [0.4, 0.5) is 10.8 Å². The molecule has 3 rings (SSSR count). The van der Waals surface area contributed by atoms with Crippen molar-refractivity contribution < 1.29 is 9.90 Å². The largest absolute Gasteiger partial charge is 0.505 e. The maximum absolute atomic E-state index is 11.5. The molecule has 5 nitrogen and oxygen atoms in total. The molecule has 0 aliphatic rings. The van der Waals surface area contributed by atoms with E-state index in [0.717, 1.165) is 5.39 Å². The minimum absolute atomic E-state index is 0.0249. The van der Waals surface area contributed by atoms with Crippen LogP contribution < -0.4 is 0 Å². The summed E-state index contributed by atoms with van der Waals surface area (Å²) < 4.78 is 0. The van der Waals surface area contributed by atoms with Crippen molar-refractivity contribution in [3.63, 3.8) is 0 Å². The van der Waals surface area contributed by atoms with E-state index in [-0.39, 0.29) is 17.2 Å². The molecule has 2 aromatic carbocycles. The molecule has 1 aromatic heterocycles. The molecule has 1 heterocycles. The molecule has 116 valence electrons. The second kappa shape index (κ2) is 6.10.